The molecule has 2 unspecified atom stereocenters. The molecule has 1 aromatic rings. The summed E-state index contributed by atoms with van der Waals surface area (Å²) in [4.78, 5) is 12.3. The molecular weight excluding hydrogens is 292 g/mol. The van der Waals surface area contributed by atoms with Crippen molar-refractivity contribution in [1.82, 2.24) is 0 Å². The highest BCUT2D eigenvalue weighted by Gasteiger charge is 2.36. The molecule has 0 aromatic heterocycles. The van der Waals surface area contributed by atoms with E-state index in [1.54, 1.807) is 0 Å². The highest BCUT2D eigenvalue weighted by molar-refractivity contribution is 5.98. The van der Waals surface area contributed by atoms with Gasteiger partial charge in [-0.1, -0.05) is 19.3 Å². The van der Waals surface area contributed by atoms with Crippen LogP contribution in [0.1, 0.15) is 51.4 Å². The number of nitrogens with one attached hydrogen (secondary N) is 1. The molecule has 2 atom stereocenters. The Kier molecular flexibility index (Phi) is 4.87. The van der Waals surface area contributed by atoms with Gasteiger partial charge in [-0.05, 0) is 56.4 Å². The van der Waals surface area contributed by atoms with E-state index in [0.717, 1.165) is 62.8 Å². The maximum atomic E-state index is 12.3. The average Bonchev–Trinajstić information content (AvgIpc) is 3.00. The Labute approximate surface area is 137 Å². The van der Waals surface area contributed by atoms with Crippen LogP contribution in [0.4, 0.5) is 5.69 Å². The molecule has 5 nitrogen and oxygen atoms in total. The summed E-state index contributed by atoms with van der Waals surface area (Å²) in [6, 6.07) is 7.30. The molecule has 2 aliphatic carbocycles. The van der Waals surface area contributed by atoms with Crippen molar-refractivity contribution in [2.45, 2.75) is 69.1 Å². The van der Waals surface area contributed by atoms with Gasteiger partial charge in [0.15, 0.2) is 0 Å². The van der Waals surface area contributed by atoms with Gasteiger partial charge in [0.05, 0.1) is 11.6 Å². The number of rotatable bonds is 4. The number of amides is 1. The molecule has 0 radical (unpaired) electrons. The smallest absolute Gasteiger partial charge is 0.244 e. The fourth-order valence-corrected chi connectivity index (χ4v) is 3.49. The predicted octanol–water partition coefficient (Wildman–Crippen LogP) is 2.58. The van der Waals surface area contributed by atoms with E-state index in [2.05, 4.69) is 5.32 Å². The number of carbonyl (C=O) groups excluding carboxylic acids is 1. The maximum absolute atomic E-state index is 12.3. The minimum Gasteiger partial charge on any atom is -0.488 e. The summed E-state index contributed by atoms with van der Waals surface area (Å²) >= 11 is 0. The van der Waals surface area contributed by atoms with E-state index >= 15 is 0 Å². The minimum absolute atomic E-state index is 0.105. The summed E-state index contributed by atoms with van der Waals surface area (Å²) in [6.45, 7) is 0. The highest BCUT2D eigenvalue weighted by atomic mass is 16.5. The Bertz CT molecular complexity index is 538. The molecule has 2 aliphatic rings. The van der Waals surface area contributed by atoms with Crippen molar-refractivity contribution in [2.24, 2.45) is 5.73 Å². The topological polar surface area (TPSA) is 84.6 Å². The van der Waals surface area contributed by atoms with Crippen LogP contribution in [-0.4, -0.2) is 28.8 Å². The predicted molar refractivity (Wildman–Crippen MR) is 89.3 cm³/mol. The Balaban J connectivity index is 1.57. The number of ether oxygens (including phenoxy) is 1. The lowest BCUT2D eigenvalue weighted by molar-refractivity contribution is -0.121. The molecule has 0 aliphatic heterocycles. The molecule has 1 aromatic carbocycles. The monoisotopic (exact) mass is 318 g/mol. The average molecular weight is 318 g/mol. The number of carbonyl (C=O) groups is 1. The second-order valence-corrected chi connectivity index (χ2v) is 6.85. The number of hydrogen-bond acceptors (Lipinski definition) is 4. The zero-order valence-electron chi connectivity index (χ0n) is 13.5. The van der Waals surface area contributed by atoms with Gasteiger partial charge >= 0.3 is 0 Å². The molecular formula is C18H26N2O3. The lowest BCUT2D eigenvalue weighted by Gasteiger charge is -2.28. The van der Waals surface area contributed by atoms with E-state index in [4.69, 9.17) is 10.5 Å². The third-order valence-electron chi connectivity index (χ3n) is 5.02. The zero-order valence-corrected chi connectivity index (χ0v) is 13.5. The van der Waals surface area contributed by atoms with Crippen molar-refractivity contribution in [3.8, 4) is 5.75 Å². The Morgan fingerprint density at radius 2 is 1.78 bits per heavy atom. The quantitative estimate of drug-likeness (QED) is 0.796. The van der Waals surface area contributed by atoms with Gasteiger partial charge in [0.2, 0.25) is 5.91 Å². The second-order valence-electron chi connectivity index (χ2n) is 6.85. The van der Waals surface area contributed by atoms with E-state index in [1.807, 2.05) is 24.3 Å². The number of benzene rings is 1. The SMILES string of the molecule is NC1(C(=O)Nc2ccc(OC3CCCCC3O)cc2)CCCC1. The van der Waals surface area contributed by atoms with Crippen molar-refractivity contribution >= 4 is 11.6 Å². The normalized spacial score (nSPS) is 26.7. The van der Waals surface area contributed by atoms with Crippen molar-refractivity contribution in [2.75, 3.05) is 5.32 Å². The summed E-state index contributed by atoms with van der Waals surface area (Å²) < 4.78 is 5.86. The number of hydrogen-bond donors (Lipinski definition) is 3. The Hall–Kier alpha value is -1.59. The Morgan fingerprint density at radius 1 is 1.13 bits per heavy atom. The summed E-state index contributed by atoms with van der Waals surface area (Å²) in [5.41, 5.74) is 6.16. The molecule has 4 N–H and O–H groups in total. The van der Waals surface area contributed by atoms with Gasteiger partial charge in [-0.3, -0.25) is 4.79 Å². The van der Waals surface area contributed by atoms with E-state index in [9.17, 15) is 9.90 Å². The van der Waals surface area contributed by atoms with E-state index in [-0.39, 0.29) is 18.1 Å². The maximum Gasteiger partial charge on any atom is 0.244 e. The van der Waals surface area contributed by atoms with Crippen LogP contribution < -0.4 is 15.8 Å². The molecule has 0 heterocycles. The lowest BCUT2D eigenvalue weighted by Crippen LogP contribution is -2.48. The number of aliphatic hydroxyl groups excluding tert-OH is 1. The Morgan fingerprint density at radius 3 is 2.43 bits per heavy atom. The van der Waals surface area contributed by atoms with Gasteiger partial charge in [-0.25, -0.2) is 0 Å². The van der Waals surface area contributed by atoms with Crippen LogP contribution in [0.3, 0.4) is 0 Å². The fourth-order valence-electron chi connectivity index (χ4n) is 3.49. The first-order valence-electron chi connectivity index (χ1n) is 8.62. The van der Waals surface area contributed by atoms with E-state index in [0.29, 0.717) is 0 Å². The van der Waals surface area contributed by atoms with Crippen LogP contribution >= 0.6 is 0 Å². The third-order valence-corrected chi connectivity index (χ3v) is 5.02. The van der Waals surface area contributed by atoms with Crippen molar-refractivity contribution < 1.29 is 14.6 Å². The van der Waals surface area contributed by atoms with Crippen LogP contribution in [0.5, 0.6) is 5.75 Å². The fraction of sp³-hybridized carbons (Fsp3) is 0.611. The van der Waals surface area contributed by atoms with Crippen LogP contribution in [0.15, 0.2) is 24.3 Å². The van der Waals surface area contributed by atoms with Crippen molar-refractivity contribution in [1.29, 1.82) is 0 Å². The first kappa shape index (κ1) is 16.3. The van der Waals surface area contributed by atoms with Gasteiger partial charge < -0.3 is 20.9 Å². The molecule has 0 saturated heterocycles. The van der Waals surface area contributed by atoms with Gasteiger partial charge in [0.25, 0.3) is 0 Å². The summed E-state index contributed by atoms with van der Waals surface area (Å²) in [7, 11) is 0. The van der Waals surface area contributed by atoms with E-state index < -0.39 is 5.54 Å². The third kappa shape index (κ3) is 3.85. The molecule has 126 valence electrons. The number of aliphatic hydroxyl groups is 1. The number of nitrogens with two attached hydrogens (primary N) is 1. The first-order chi connectivity index (χ1) is 11.1. The van der Waals surface area contributed by atoms with E-state index in [1.165, 1.54) is 0 Å². The minimum atomic E-state index is -0.721. The highest BCUT2D eigenvalue weighted by Crippen LogP contribution is 2.29. The molecule has 23 heavy (non-hydrogen) atoms. The van der Waals surface area contributed by atoms with Gasteiger partial charge in [-0.2, -0.15) is 0 Å². The van der Waals surface area contributed by atoms with Crippen molar-refractivity contribution in [3.05, 3.63) is 24.3 Å². The largest absolute Gasteiger partial charge is 0.488 e. The van der Waals surface area contributed by atoms with Crippen LogP contribution in [0, 0.1) is 0 Å². The second kappa shape index (κ2) is 6.89. The van der Waals surface area contributed by atoms with Gasteiger partial charge in [0.1, 0.15) is 11.9 Å². The van der Waals surface area contributed by atoms with Crippen LogP contribution in [0.25, 0.3) is 0 Å². The summed E-state index contributed by atoms with van der Waals surface area (Å²) in [5, 5.41) is 12.9. The summed E-state index contributed by atoms with van der Waals surface area (Å²) in [5.74, 6) is 0.614. The molecule has 0 spiro atoms. The van der Waals surface area contributed by atoms with Gasteiger partial charge in [-0.15, -0.1) is 0 Å². The first-order valence-corrected chi connectivity index (χ1v) is 8.62. The molecule has 3 rings (SSSR count). The molecule has 0 bridgehead atoms. The summed E-state index contributed by atoms with van der Waals surface area (Å²) in [6.07, 6.45) is 6.85. The van der Waals surface area contributed by atoms with Crippen LogP contribution in [0.2, 0.25) is 0 Å². The number of anilines is 1. The molecule has 2 saturated carbocycles. The van der Waals surface area contributed by atoms with Crippen molar-refractivity contribution in [3.63, 3.8) is 0 Å². The molecule has 5 heteroatoms. The zero-order chi connectivity index (χ0) is 16.3. The van der Waals surface area contributed by atoms with Gasteiger partial charge in [0, 0.05) is 5.69 Å². The lowest BCUT2D eigenvalue weighted by atomic mass is 9.95. The van der Waals surface area contributed by atoms with Crippen LogP contribution in [-0.2, 0) is 4.79 Å². The molecule has 2 fully saturated rings. The molecule has 1 amide bonds. The standard InChI is InChI=1S/C18H26N2O3/c19-18(11-3-4-12-18)17(22)20-13-7-9-14(10-8-13)23-16-6-2-1-5-15(16)21/h7-10,15-16,21H,1-6,11-12,19H2,(H,20,22).